The molecule has 0 saturated heterocycles. The summed E-state index contributed by atoms with van der Waals surface area (Å²) in [5, 5.41) is 2.67. The van der Waals surface area contributed by atoms with E-state index in [1.807, 2.05) is 11.3 Å². The fraction of sp³-hybridized carbons (Fsp3) is 0.0909. The third kappa shape index (κ3) is 6.35. The zero-order chi connectivity index (χ0) is 45.7. The first-order valence-corrected chi connectivity index (χ1v) is 24.6. The van der Waals surface area contributed by atoms with Gasteiger partial charge >= 0.3 is 0 Å². The maximum absolute atomic E-state index is 2.48. The average Bonchev–Trinajstić information content (AvgIpc) is 3.96. The molecular weight excluding hydrogens is 839 g/mol. The van der Waals surface area contributed by atoms with Crippen molar-refractivity contribution in [3.8, 4) is 66.8 Å². The predicted octanol–water partition coefficient (Wildman–Crippen LogP) is 18.8. The zero-order valence-corrected chi connectivity index (χ0v) is 39.5. The van der Waals surface area contributed by atoms with Crippen LogP contribution in [0, 0.1) is 0 Å². The highest BCUT2D eigenvalue weighted by molar-refractivity contribution is 7.26. The Morgan fingerprint density at radius 1 is 0.294 bits per heavy atom. The molecule has 0 saturated carbocycles. The normalized spacial score (nSPS) is 13.8. The van der Waals surface area contributed by atoms with Crippen LogP contribution in [0.15, 0.2) is 224 Å². The van der Waals surface area contributed by atoms with E-state index in [9.17, 15) is 0 Å². The highest BCUT2D eigenvalue weighted by Crippen LogP contribution is 2.54. The lowest BCUT2D eigenvalue weighted by Gasteiger charge is -2.30. The van der Waals surface area contributed by atoms with Crippen LogP contribution in [0.3, 0.4) is 0 Å². The van der Waals surface area contributed by atoms with Gasteiger partial charge in [-0.15, -0.1) is 11.3 Å². The van der Waals surface area contributed by atoms with E-state index in [1.54, 1.807) is 0 Å². The number of hydrogen-bond acceptors (Lipinski definition) is 2. The predicted molar refractivity (Wildman–Crippen MR) is 291 cm³/mol. The standard InChI is InChI=1S/C66H49NS/c1-65(2)59-38-47(43-17-9-6-10-18-43)27-33-53(59)55-35-31-50(40-61(55)65)67(49-29-25-44(26-30-49)46-20-13-19-45(37-46)42-15-7-5-8-16-42)51-32-36-56-54-34-28-48(39-60(54)66(3,4)62(56)41-51)52-22-14-23-58-57-21-11-12-24-63(57)68-64(52)58/h5-41H,1-4H3. The lowest BCUT2D eigenvalue weighted by Crippen LogP contribution is -2.18. The van der Waals surface area contributed by atoms with Crippen molar-refractivity contribution in [2.24, 2.45) is 0 Å². The van der Waals surface area contributed by atoms with E-state index in [2.05, 4.69) is 257 Å². The fourth-order valence-electron chi connectivity index (χ4n) is 11.4. The molecule has 2 aliphatic rings. The molecule has 0 N–H and O–H groups in total. The molecule has 0 spiro atoms. The first-order chi connectivity index (χ1) is 33.2. The number of rotatable bonds is 7. The van der Waals surface area contributed by atoms with Crippen molar-refractivity contribution < 1.29 is 0 Å². The van der Waals surface area contributed by atoms with Crippen molar-refractivity contribution in [1.29, 1.82) is 0 Å². The Morgan fingerprint density at radius 3 is 1.31 bits per heavy atom. The number of thiophene rings is 1. The minimum atomic E-state index is -0.220. The Morgan fingerprint density at radius 2 is 0.706 bits per heavy atom. The van der Waals surface area contributed by atoms with Crippen molar-refractivity contribution in [1.82, 2.24) is 0 Å². The van der Waals surface area contributed by atoms with E-state index in [-0.39, 0.29) is 10.8 Å². The number of fused-ring (bicyclic) bond motifs is 9. The van der Waals surface area contributed by atoms with Crippen molar-refractivity contribution in [3.05, 3.63) is 247 Å². The summed E-state index contributed by atoms with van der Waals surface area (Å²) in [5.41, 5.74) is 23.7. The summed E-state index contributed by atoms with van der Waals surface area (Å²) in [7, 11) is 0. The van der Waals surface area contributed by atoms with Gasteiger partial charge in [0.1, 0.15) is 0 Å². The lowest BCUT2D eigenvalue weighted by atomic mass is 9.81. The van der Waals surface area contributed by atoms with Gasteiger partial charge in [0.15, 0.2) is 0 Å². The second kappa shape index (κ2) is 15.4. The van der Waals surface area contributed by atoms with Crippen molar-refractivity contribution in [2.75, 3.05) is 4.90 Å². The Bertz CT molecular complexity index is 3780. The Balaban J connectivity index is 0.915. The average molecular weight is 888 g/mol. The van der Waals surface area contributed by atoms with E-state index in [1.165, 1.54) is 109 Å². The molecule has 0 atom stereocenters. The number of nitrogens with zero attached hydrogens (tertiary/aromatic N) is 1. The molecule has 0 amide bonds. The van der Waals surface area contributed by atoms with E-state index >= 15 is 0 Å². The molecule has 68 heavy (non-hydrogen) atoms. The van der Waals surface area contributed by atoms with Crippen LogP contribution in [-0.2, 0) is 10.8 Å². The van der Waals surface area contributed by atoms with Gasteiger partial charge in [-0.1, -0.05) is 191 Å². The van der Waals surface area contributed by atoms with Crippen LogP contribution in [0.1, 0.15) is 49.9 Å². The van der Waals surface area contributed by atoms with Gasteiger partial charge in [0, 0.05) is 48.1 Å². The molecular formula is C66H49NS. The molecule has 1 nitrogen and oxygen atoms in total. The van der Waals surface area contributed by atoms with Crippen LogP contribution < -0.4 is 4.90 Å². The molecule has 0 aliphatic heterocycles. The molecule has 11 aromatic rings. The Kier molecular flexibility index (Phi) is 9.16. The van der Waals surface area contributed by atoms with Gasteiger partial charge in [0.05, 0.1) is 0 Å². The van der Waals surface area contributed by atoms with Crippen LogP contribution in [0.4, 0.5) is 17.1 Å². The van der Waals surface area contributed by atoms with Crippen LogP contribution in [0.2, 0.25) is 0 Å². The van der Waals surface area contributed by atoms with E-state index in [4.69, 9.17) is 0 Å². The van der Waals surface area contributed by atoms with Crippen molar-refractivity contribution >= 4 is 48.6 Å². The van der Waals surface area contributed by atoms with Gasteiger partial charge in [0.2, 0.25) is 0 Å². The summed E-state index contributed by atoms with van der Waals surface area (Å²) < 4.78 is 2.69. The van der Waals surface area contributed by atoms with Gasteiger partial charge in [0.25, 0.3) is 0 Å². The first kappa shape index (κ1) is 40.5. The SMILES string of the molecule is CC1(C)c2cc(-c3ccccc3)ccc2-c2ccc(N(c3ccc(-c4cccc(-c5ccccc5)c4)cc3)c3ccc4c(c3)C(C)(C)c3cc(-c5cccc6c5sc5ccccc56)ccc3-4)cc21. The maximum atomic E-state index is 2.48. The van der Waals surface area contributed by atoms with Crippen molar-refractivity contribution in [2.45, 2.75) is 38.5 Å². The summed E-state index contributed by atoms with van der Waals surface area (Å²) >= 11 is 1.90. The molecule has 2 aliphatic carbocycles. The van der Waals surface area contributed by atoms with Gasteiger partial charge in [-0.25, -0.2) is 0 Å². The van der Waals surface area contributed by atoms with E-state index in [0.29, 0.717) is 0 Å². The van der Waals surface area contributed by atoms with Crippen LogP contribution in [0.5, 0.6) is 0 Å². The molecule has 0 bridgehead atoms. The third-order valence-electron chi connectivity index (χ3n) is 15.1. The van der Waals surface area contributed by atoms with Gasteiger partial charge in [-0.2, -0.15) is 0 Å². The minimum absolute atomic E-state index is 0.190. The second-order valence-corrected chi connectivity index (χ2v) is 20.8. The third-order valence-corrected chi connectivity index (χ3v) is 16.3. The monoisotopic (exact) mass is 887 g/mol. The largest absolute Gasteiger partial charge is 0.310 e. The van der Waals surface area contributed by atoms with Crippen LogP contribution in [-0.4, -0.2) is 0 Å². The highest BCUT2D eigenvalue weighted by Gasteiger charge is 2.38. The topological polar surface area (TPSA) is 3.24 Å². The van der Waals surface area contributed by atoms with E-state index < -0.39 is 0 Å². The molecule has 2 heteroatoms. The summed E-state index contributed by atoms with van der Waals surface area (Å²) in [5.74, 6) is 0. The Hall–Kier alpha value is -7.78. The molecule has 0 fully saturated rings. The summed E-state index contributed by atoms with van der Waals surface area (Å²) in [6.07, 6.45) is 0. The lowest BCUT2D eigenvalue weighted by molar-refractivity contribution is 0.660. The highest BCUT2D eigenvalue weighted by atomic mass is 32.1. The molecule has 1 heterocycles. The van der Waals surface area contributed by atoms with Gasteiger partial charge < -0.3 is 4.90 Å². The summed E-state index contributed by atoms with van der Waals surface area (Å²) in [6.45, 7) is 9.60. The molecule has 13 rings (SSSR count). The maximum Gasteiger partial charge on any atom is 0.0465 e. The van der Waals surface area contributed by atoms with Gasteiger partial charge in [-0.05, 0) is 150 Å². The van der Waals surface area contributed by atoms with Crippen LogP contribution >= 0.6 is 11.3 Å². The molecule has 0 unspecified atom stereocenters. The molecule has 1 aromatic heterocycles. The minimum Gasteiger partial charge on any atom is -0.310 e. The number of hydrogen-bond donors (Lipinski definition) is 0. The molecule has 10 aromatic carbocycles. The quantitative estimate of drug-likeness (QED) is 0.154. The number of anilines is 3. The molecule has 324 valence electrons. The van der Waals surface area contributed by atoms with E-state index in [0.717, 1.165) is 17.1 Å². The first-order valence-electron chi connectivity index (χ1n) is 23.8. The summed E-state index contributed by atoms with van der Waals surface area (Å²) in [6, 6.07) is 83.7. The molecule has 0 radical (unpaired) electrons. The smallest absolute Gasteiger partial charge is 0.0465 e. The van der Waals surface area contributed by atoms with Crippen LogP contribution in [0.25, 0.3) is 86.9 Å². The zero-order valence-electron chi connectivity index (χ0n) is 38.7. The number of benzene rings is 10. The fourth-order valence-corrected chi connectivity index (χ4v) is 12.7. The van der Waals surface area contributed by atoms with Crippen molar-refractivity contribution in [3.63, 3.8) is 0 Å². The second-order valence-electron chi connectivity index (χ2n) is 19.7. The Labute approximate surface area is 403 Å². The summed E-state index contributed by atoms with van der Waals surface area (Å²) in [4.78, 5) is 2.48. The van der Waals surface area contributed by atoms with Gasteiger partial charge in [-0.3, -0.25) is 0 Å².